The van der Waals surface area contributed by atoms with Gasteiger partial charge in [-0.2, -0.15) is 0 Å². The van der Waals surface area contributed by atoms with Crippen LogP contribution in [0.15, 0.2) is 48.5 Å². The second kappa shape index (κ2) is 6.94. The van der Waals surface area contributed by atoms with E-state index in [2.05, 4.69) is 41.7 Å². The largest absolute Gasteiger partial charge is 0.480 e. The van der Waals surface area contributed by atoms with Gasteiger partial charge in [0.2, 0.25) is 0 Å². The maximum atomic E-state index is 10.8. The highest BCUT2D eigenvalue weighted by Gasteiger charge is 2.19. The summed E-state index contributed by atoms with van der Waals surface area (Å²) in [6.45, 7) is 1.01. The molecule has 3 rings (SSSR count). The Morgan fingerprint density at radius 1 is 1.17 bits per heavy atom. The molecule has 23 heavy (non-hydrogen) atoms. The van der Waals surface area contributed by atoms with E-state index < -0.39 is 12.0 Å². The summed E-state index contributed by atoms with van der Waals surface area (Å²) in [7, 11) is 0. The molecule has 0 radical (unpaired) electrons. The zero-order valence-corrected chi connectivity index (χ0v) is 13.0. The minimum atomic E-state index is -0.961. The fourth-order valence-electron chi connectivity index (χ4n) is 3.16. The topological polar surface area (TPSA) is 75.3 Å². The first-order valence-corrected chi connectivity index (χ1v) is 8.01. The number of aliphatic carboxylic acids is 1. The zero-order chi connectivity index (χ0) is 16.2. The van der Waals surface area contributed by atoms with Crippen molar-refractivity contribution in [2.45, 2.75) is 31.3 Å². The number of carboxylic acid groups (broad SMARTS) is 1. The van der Waals surface area contributed by atoms with Crippen LogP contribution in [0.4, 0.5) is 0 Å². The van der Waals surface area contributed by atoms with E-state index in [9.17, 15) is 4.79 Å². The van der Waals surface area contributed by atoms with Gasteiger partial charge in [0.05, 0.1) is 0 Å². The van der Waals surface area contributed by atoms with Crippen LogP contribution in [0.3, 0.4) is 0 Å². The van der Waals surface area contributed by atoms with Crippen molar-refractivity contribution in [2.24, 2.45) is 5.73 Å². The molecule has 1 aliphatic heterocycles. The normalized spacial score (nSPS) is 18.2. The third kappa shape index (κ3) is 3.78. The third-order valence-corrected chi connectivity index (χ3v) is 4.45. The first kappa shape index (κ1) is 15.7. The Hall–Kier alpha value is -2.17. The standard InChI is InChI=1S/C19H22N2O2/c20-17(19(22)23)11-13-5-7-14(8-6-13)12-18-16-4-2-1-3-15(16)9-10-21-18/h1-8,17-18,21H,9-12,20H2,(H,22,23). The van der Waals surface area contributed by atoms with E-state index in [-0.39, 0.29) is 0 Å². The molecular weight excluding hydrogens is 288 g/mol. The van der Waals surface area contributed by atoms with Gasteiger partial charge in [0.25, 0.3) is 0 Å². The Balaban J connectivity index is 1.69. The summed E-state index contributed by atoms with van der Waals surface area (Å²) in [4.78, 5) is 10.8. The van der Waals surface area contributed by atoms with Crippen molar-refractivity contribution >= 4 is 5.97 Å². The predicted molar refractivity (Wildman–Crippen MR) is 90.4 cm³/mol. The Bertz CT molecular complexity index is 682. The minimum Gasteiger partial charge on any atom is -0.480 e. The molecule has 1 aliphatic rings. The number of benzene rings is 2. The van der Waals surface area contributed by atoms with E-state index in [0.29, 0.717) is 12.5 Å². The molecular formula is C19H22N2O2. The summed E-state index contributed by atoms with van der Waals surface area (Å²) < 4.78 is 0. The molecule has 2 atom stereocenters. The van der Waals surface area contributed by atoms with Gasteiger partial charge in [-0.05, 0) is 48.1 Å². The van der Waals surface area contributed by atoms with Gasteiger partial charge in [-0.3, -0.25) is 4.79 Å². The molecule has 0 spiro atoms. The highest BCUT2D eigenvalue weighted by molar-refractivity contribution is 5.73. The summed E-state index contributed by atoms with van der Waals surface area (Å²) in [6, 6.07) is 16.2. The van der Waals surface area contributed by atoms with Crippen LogP contribution >= 0.6 is 0 Å². The molecule has 2 aromatic rings. The highest BCUT2D eigenvalue weighted by Crippen LogP contribution is 2.25. The monoisotopic (exact) mass is 310 g/mol. The molecule has 0 aliphatic carbocycles. The van der Waals surface area contributed by atoms with Gasteiger partial charge in [0, 0.05) is 6.04 Å². The molecule has 0 amide bonds. The lowest BCUT2D eigenvalue weighted by molar-refractivity contribution is -0.138. The molecule has 120 valence electrons. The van der Waals surface area contributed by atoms with Gasteiger partial charge in [-0.25, -0.2) is 0 Å². The first-order valence-electron chi connectivity index (χ1n) is 8.01. The van der Waals surface area contributed by atoms with Gasteiger partial charge in [-0.15, -0.1) is 0 Å². The maximum absolute atomic E-state index is 10.8. The first-order chi connectivity index (χ1) is 11.1. The summed E-state index contributed by atoms with van der Waals surface area (Å²) in [5.74, 6) is -0.961. The number of fused-ring (bicyclic) bond motifs is 1. The second-order valence-corrected chi connectivity index (χ2v) is 6.12. The SMILES string of the molecule is NC(Cc1ccc(CC2NCCc3ccccc32)cc1)C(=O)O. The van der Waals surface area contributed by atoms with Crippen molar-refractivity contribution in [3.05, 3.63) is 70.8 Å². The molecule has 4 heteroatoms. The Morgan fingerprint density at radius 3 is 2.61 bits per heavy atom. The number of nitrogens with one attached hydrogen (secondary N) is 1. The van der Waals surface area contributed by atoms with Crippen LogP contribution in [0.2, 0.25) is 0 Å². The molecule has 0 aromatic heterocycles. The van der Waals surface area contributed by atoms with Crippen molar-refractivity contribution in [3.8, 4) is 0 Å². The van der Waals surface area contributed by atoms with Gasteiger partial charge < -0.3 is 16.2 Å². The zero-order valence-electron chi connectivity index (χ0n) is 13.0. The average molecular weight is 310 g/mol. The molecule has 0 fully saturated rings. The lowest BCUT2D eigenvalue weighted by Crippen LogP contribution is -2.32. The molecule has 1 heterocycles. The summed E-state index contributed by atoms with van der Waals surface area (Å²) >= 11 is 0. The van der Waals surface area contributed by atoms with E-state index in [0.717, 1.165) is 24.9 Å². The van der Waals surface area contributed by atoms with Crippen LogP contribution in [0, 0.1) is 0 Å². The van der Waals surface area contributed by atoms with E-state index in [1.807, 2.05) is 12.1 Å². The minimum absolute atomic E-state index is 0.340. The molecule has 4 N–H and O–H groups in total. The Kier molecular flexibility index (Phi) is 4.74. The second-order valence-electron chi connectivity index (χ2n) is 6.12. The van der Waals surface area contributed by atoms with Crippen molar-refractivity contribution in [3.63, 3.8) is 0 Å². The number of hydrogen-bond donors (Lipinski definition) is 3. The third-order valence-electron chi connectivity index (χ3n) is 4.45. The lowest BCUT2D eigenvalue weighted by atomic mass is 9.90. The maximum Gasteiger partial charge on any atom is 0.320 e. The molecule has 0 saturated heterocycles. The number of nitrogens with two attached hydrogens (primary N) is 1. The number of carbonyl (C=O) groups is 1. The fraction of sp³-hybridized carbons (Fsp3) is 0.316. The van der Waals surface area contributed by atoms with Crippen LogP contribution in [-0.2, 0) is 24.1 Å². The average Bonchev–Trinajstić information content (AvgIpc) is 2.57. The molecule has 2 unspecified atom stereocenters. The fourth-order valence-corrected chi connectivity index (χ4v) is 3.16. The van der Waals surface area contributed by atoms with Crippen molar-refractivity contribution in [1.29, 1.82) is 0 Å². The predicted octanol–water partition coefficient (Wildman–Crippen LogP) is 2.07. The lowest BCUT2D eigenvalue weighted by Gasteiger charge is -2.27. The molecule has 0 saturated carbocycles. The summed E-state index contributed by atoms with van der Waals surface area (Å²) in [6.07, 6.45) is 2.38. The summed E-state index contributed by atoms with van der Waals surface area (Å²) in [5.41, 5.74) is 10.6. The van der Waals surface area contributed by atoms with Gasteiger partial charge >= 0.3 is 5.97 Å². The van der Waals surface area contributed by atoms with E-state index >= 15 is 0 Å². The molecule has 4 nitrogen and oxygen atoms in total. The van der Waals surface area contributed by atoms with Crippen LogP contribution in [-0.4, -0.2) is 23.7 Å². The number of carboxylic acids is 1. The van der Waals surface area contributed by atoms with Crippen molar-refractivity contribution in [1.82, 2.24) is 5.32 Å². The van der Waals surface area contributed by atoms with Gasteiger partial charge in [0.15, 0.2) is 0 Å². The van der Waals surface area contributed by atoms with E-state index in [1.54, 1.807) is 0 Å². The summed E-state index contributed by atoms with van der Waals surface area (Å²) in [5, 5.41) is 12.5. The van der Waals surface area contributed by atoms with Gasteiger partial charge in [-0.1, -0.05) is 48.5 Å². The van der Waals surface area contributed by atoms with Crippen molar-refractivity contribution in [2.75, 3.05) is 6.54 Å². The highest BCUT2D eigenvalue weighted by atomic mass is 16.4. The smallest absolute Gasteiger partial charge is 0.320 e. The van der Waals surface area contributed by atoms with Crippen LogP contribution in [0.1, 0.15) is 28.3 Å². The Labute approximate surface area is 136 Å². The van der Waals surface area contributed by atoms with E-state index in [1.165, 1.54) is 16.7 Å². The Morgan fingerprint density at radius 2 is 1.87 bits per heavy atom. The van der Waals surface area contributed by atoms with E-state index in [4.69, 9.17) is 10.8 Å². The van der Waals surface area contributed by atoms with Crippen LogP contribution < -0.4 is 11.1 Å². The number of hydrogen-bond acceptors (Lipinski definition) is 3. The van der Waals surface area contributed by atoms with Gasteiger partial charge in [0.1, 0.15) is 6.04 Å². The molecule has 2 aromatic carbocycles. The molecule has 0 bridgehead atoms. The van der Waals surface area contributed by atoms with Crippen molar-refractivity contribution < 1.29 is 9.90 Å². The number of rotatable bonds is 5. The van der Waals surface area contributed by atoms with Crippen LogP contribution in [0.5, 0.6) is 0 Å². The van der Waals surface area contributed by atoms with Crippen LogP contribution in [0.25, 0.3) is 0 Å². The quantitative estimate of drug-likeness (QED) is 0.790.